The van der Waals surface area contributed by atoms with Crippen LogP contribution in [0.15, 0.2) is 23.5 Å². The van der Waals surface area contributed by atoms with Gasteiger partial charge in [0.25, 0.3) is 5.91 Å². The molecule has 1 aromatic rings. The fourth-order valence-electron chi connectivity index (χ4n) is 1.25. The van der Waals surface area contributed by atoms with E-state index < -0.39 is 0 Å². The zero-order chi connectivity index (χ0) is 13.5. The average molecular weight is 268 g/mol. The summed E-state index contributed by atoms with van der Waals surface area (Å²) in [5.41, 5.74) is 6.22. The van der Waals surface area contributed by atoms with E-state index in [1.807, 2.05) is 6.26 Å². The van der Waals surface area contributed by atoms with E-state index in [0.717, 1.165) is 5.75 Å². The van der Waals surface area contributed by atoms with Crippen LogP contribution in [0.2, 0.25) is 0 Å². The Morgan fingerprint density at radius 2 is 2.33 bits per heavy atom. The van der Waals surface area contributed by atoms with E-state index in [9.17, 15) is 4.79 Å². The normalized spacial score (nSPS) is 11.3. The van der Waals surface area contributed by atoms with Crippen molar-refractivity contribution >= 4 is 23.5 Å². The van der Waals surface area contributed by atoms with Gasteiger partial charge < -0.3 is 15.8 Å². The molecule has 6 nitrogen and oxygen atoms in total. The molecule has 1 heterocycles. The minimum absolute atomic E-state index is 0.0303. The Kier molecular flexibility index (Phi) is 5.44. The molecule has 0 atom stereocenters. The quantitative estimate of drug-likeness (QED) is 0.353. The molecule has 1 amide bonds. The third-order valence-electron chi connectivity index (χ3n) is 2.36. The highest BCUT2D eigenvalue weighted by Crippen LogP contribution is 2.04. The Hall–Kier alpha value is -1.76. The maximum atomic E-state index is 11.9. The maximum Gasteiger partial charge on any atom is 0.272 e. The van der Waals surface area contributed by atoms with Crippen LogP contribution in [0.25, 0.3) is 0 Å². The summed E-state index contributed by atoms with van der Waals surface area (Å²) in [6.07, 6.45) is 3.40. The lowest BCUT2D eigenvalue weighted by molar-refractivity contribution is 0.0798. The number of carbonyl (C=O) groups excluding carboxylic acids is 1. The van der Waals surface area contributed by atoms with Crippen LogP contribution >= 0.6 is 11.8 Å². The second-order valence-corrected chi connectivity index (χ2v) is 4.62. The van der Waals surface area contributed by atoms with Crippen molar-refractivity contribution in [3.63, 3.8) is 0 Å². The van der Waals surface area contributed by atoms with Crippen LogP contribution in [0.1, 0.15) is 16.1 Å². The Morgan fingerprint density at radius 3 is 2.83 bits per heavy atom. The molecule has 0 aliphatic carbocycles. The minimum Gasteiger partial charge on any atom is -0.409 e. The Labute approximate surface area is 110 Å². The first-order valence-corrected chi connectivity index (χ1v) is 6.68. The van der Waals surface area contributed by atoms with Crippen molar-refractivity contribution in [2.24, 2.45) is 10.9 Å². The first kappa shape index (κ1) is 14.3. The molecule has 0 unspecified atom stereocenters. The fraction of sp³-hybridized carbons (Fsp3) is 0.364. The first-order chi connectivity index (χ1) is 8.60. The molecule has 7 heteroatoms. The number of hydrogen-bond donors (Lipinski definition) is 2. The van der Waals surface area contributed by atoms with Gasteiger partial charge in [-0.2, -0.15) is 11.8 Å². The number of oxime groups is 1. The van der Waals surface area contributed by atoms with Crippen molar-refractivity contribution in [3.8, 4) is 0 Å². The van der Waals surface area contributed by atoms with E-state index in [0.29, 0.717) is 17.8 Å². The molecule has 0 saturated heterocycles. The third kappa shape index (κ3) is 3.63. The summed E-state index contributed by atoms with van der Waals surface area (Å²) < 4.78 is 0. The van der Waals surface area contributed by atoms with Crippen LogP contribution in [0.3, 0.4) is 0 Å². The number of pyridine rings is 1. The van der Waals surface area contributed by atoms with Crippen LogP contribution in [-0.2, 0) is 0 Å². The average Bonchev–Trinajstić information content (AvgIpc) is 2.43. The van der Waals surface area contributed by atoms with Gasteiger partial charge >= 0.3 is 0 Å². The number of amides is 1. The molecule has 0 radical (unpaired) electrons. The van der Waals surface area contributed by atoms with Gasteiger partial charge in [-0.15, -0.1) is 0 Å². The number of nitrogens with zero attached hydrogens (tertiary/aromatic N) is 3. The van der Waals surface area contributed by atoms with E-state index >= 15 is 0 Å². The summed E-state index contributed by atoms with van der Waals surface area (Å²) in [6.45, 7) is 0.670. The molecule has 1 aromatic heterocycles. The maximum absolute atomic E-state index is 11.9. The molecule has 1 rings (SSSR count). The molecule has 0 aliphatic heterocycles. The Morgan fingerprint density at radius 1 is 1.61 bits per heavy atom. The highest BCUT2D eigenvalue weighted by atomic mass is 32.2. The van der Waals surface area contributed by atoms with E-state index in [1.54, 1.807) is 35.8 Å². The zero-order valence-electron chi connectivity index (χ0n) is 10.3. The van der Waals surface area contributed by atoms with Gasteiger partial charge in [0, 0.05) is 31.1 Å². The SMILES string of the molecule is CSCCN(C)C(=O)c1ccc(/C(N)=N/O)cn1. The topological polar surface area (TPSA) is 91.8 Å². The predicted molar refractivity (Wildman–Crippen MR) is 72.1 cm³/mol. The van der Waals surface area contributed by atoms with E-state index in [4.69, 9.17) is 10.9 Å². The molecule has 0 bridgehead atoms. The number of carbonyl (C=O) groups is 1. The van der Waals surface area contributed by atoms with Crippen LogP contribution < -0.4 is 5.73 Å². The molecular weight excluding hydrogens is 252 g/mol. The molecule has 0 fully saturated rings. The van der Waals surface area contributed by atoms with Gasteiger partial charge in [0.2, 0.25) is 0 Å². The number of nitrogens with two attached hydrogens (primary N) is 1. The Bertz CT molecular complexity index is 433. The second-order valence-electron chi connectivity index (χ2n) is 3.64. The largest absolute Gasteiger partial charge is 0.409 e. The van der Waals surface area contributed by atoms with Crippen molar-refractivity contribution in [2.45, 2.75) is 0 Å². The predicted octanol–water partition coefficient (Wildman–Crippen LogP) is 0.611. The minimum atomic E-state index is -0.143. The molecule has 3 N–H and O–H groups in total. The van der Waals surface area contributed by atoms with Gasteiger partial charge in [-0.1, -0.05) is 5.16 Å². The van der Waals surface area contributed by atoms with E-state index in [-0.39, 0.29) is 11.7 Å². The molecule has 0 aromatic carbocycles. The summed E-state index contributed by atoms with van der Waals surface area (Å²) in [6, 6.07) is 3.16. The third-order valence-corrected chi connectivity index (χ3v) is 2.95. The summed E-state index contributed by atoms with van der Waals surface area (Å²) in [4.78, 5) is 17.6. The second kappa shape index (κ2) is 6.85. The molecule has 0 aliphatic rings. The highest BCUT2D eigenvalue weighted by molar-refractivity contribution is 7.98. The van der Waals surface area contributed by atoms with Gasteiger partial charge in [0.05, 0.1) is 0 Å². The fourth-order valence-corrected chi connectivity index (χ4v) is 1.71. The summed E-state index contributed by atoms with van der Waals surface area (Å²) in [5, 5.41) is 11.4. The number of hydrogen-bond acceptors (Lipinski definition) is 5. The van der Waals surface area contributed by atoms with Crippen molar-refractivity contribution in [1.82, 2.24) is 9.88 Å². The number of amidine groups is 1. The van der Waals surface area contributed by atoms with Crippen molar-refractivity contribution in [2.75, 3.05) is 25.6 Å². The molecule has 98 valence electrons. The van der Waals surface area contributed by atoms with E-state index in [1.165, 1.54) is 6.20 Å². The summed E-state index contributed by atoms with van der Waals surface area (Å²) in [7, 11) is 1.73. The van der Waals surface area contributed by atoms with Gasteiger partial charge in [0.15, 0.2) is 5.84 Å². The highest BCUT2D eigenvalue weighted by Gasteiger charge is 2.12. The summed E-state index contributed by atoms with van der Waals surface area (Å²) in [5.74, 6) is 0.706. The lowest BCUT2D eigenvalue weighted by Crippen LogP contribution is -2.29. The van der Waals surface area contributed by atoms with Crippen LogP contribution in [-0.4, -0.2) is 52.4 Å². The van der Waals surface area contributed by atoms with Crippen LogP contribution in [0.5, 0.6) is 0 Å². The van der Waals surface area contributed by atoms with Crippen LogP contribution in [0.4, 0.5) is 0 Å². The molecule has 0 saturated carbocycles. The van der Waals surface area contributed by atoms with Crippen molar-refractivity contribution in [1.29, 1.82) is 0 Å². The lowest BCUT2D eigenvalue weighted by Gasteiger charge is -2.15. The van der Waals surface area contributed by atoms with Crippen LogP contribution in [0, 0.1) is 0 Å². The van der Waals surface area contributed by atoms with Gasteiger partial charge in [0.1, 0.15) is 5.69 Å². The number of rotatable bonds is 5. The zero-order valence-corrected chi connectivity index (χ0v) is 11.1. The van der Waals surface area contributed by atoms with Gasteiger partial charge in [-0.3, -0.25) is 9.78 Å². The van der Waals surface area contributed by atoms with Crippen molar-refractivity contribution in [3.05, 3.63) is 29.6 Å². The first-order valence-electron chi connectivity index (χ1n) is 5.28. The summed E-state index contributed by atoms with van der Waals surface area (Å²) >= 11 is 1.68. The molecule has 18 heavy (non-hydrogen) atoms. The number of thioether (sulfide) groups is 1. The van der Waals surface area contributed by atoms with Gasteiger partial charge in [-0.05, 0) is 18.4 Å². The standard InChI is InChI=1S/C11H16N4O2S/c1-15(5-6-18-2)11(16)9-4-3-8(7-13-9)10(12)14-17/h3-4,7,17H,5-6H2,1-2H3,(H2,12,14). The lowest BCUT2D eigenvalue weighted by atomic mass is 10.2. The van der Waals surface area contributed by atoms with Crippen molar-refractivity contribution < 1.29 is 10.0 Å². The molecule has 0 spiro atoms. The van der Waals surface area contributed by atoms with Gasteiger partial charge in [-0.25, -0.2) is 0 Å². The van der Waals surface area contributed by atoms with E-state index in [2.05, 4.69) is 10.1 Å². The molecular formula is C11H16N4O2S. The number of aromatic nitrogens is 1. The smallest absolute Gasteiger partial charge is 0.272 e. The monoisotopic (exact) mass is 268 g/mol. The Balaban J connectivity index is 2.76.